The molecule has 1 rings (SSSR count). The largest absolute Gasteiger partial charge is 0.411 e. The lowest BCUT2D eigenvalue weighted by molar-refractivity contribution is 0.444. The van der Waals surface area contributed by atoms with Crippen molar-refractivity contribution in [1.29, 1.82) is 0 Å². The van der Waals surface area contributed by atoms with E-state index in [9.17, 15) is 0 Å². The summed E-state index contributed by atoms with van der Waals surface area (Å²) in [4.78, 5) is 0. The minimum Gasteiger partial charge on any atom is -0.411 e. The van der Waals surface area contributed by atoms with E-state index in [2.05, 4.69) is 23.4 Å². The number of hydrogen-bond acceptors (Lipinski definition) is 4. The molecule has 0 spiro atoms. The van der Waals surface area contributed by atoms with Crippen molar-refractivity contribution in [3.8, 4) is 0 Å². The number of thioether (sulfide) groups is 1. The molecule has 3 nitrogen and oxygen atoms in total. The summed E-state index contributed by atoms with van der Waals surface area (Å²) < 4.78 is 5.29. The molecule has 0 unspecified atom stereocenters. The monoisotopic (exact) mass is 268 g/mol. The lowest BCUT2D eigenvalue weighted by Gasteiger charge is -1.90. The van der Waals surface area contributed by atoms with Gasteiger partial charge in [-0.2, -0.15) is 0 Å². The maximum Gasteiger partial charge on any atom is 0.276 e. The van der Waals surface area contributed by atoms with Crippen LogP contribution in [0.25, 0.3) is 5.57 Å². The van der Waals surface area contributed by atoms with Gasteiger partial charge in [0.15, 0.2) is 0 Å². The van der Waals surface area contributed by atoms with Gasteiger partial charge >= 0.3 is 0 Å². The standard InChI is InChI=1S/C10H12N2OS.2C2H6/c1-7(2)5-6-8(3)9-11-12-10(13-9)14-4;2*1-2/h5-6H,1,3H2,2,4H3;2*1-2H3/b6-5-;;. The second kappa shape index (κ2) is 12.2. The lowest BCUT2D eigenvalue weighted by atomic mass is 10.2. The van der Waals surface area contributed by atoms with Crippen LogP contribution in [-0.4, -0.2) is 16.5 Å². The number of allylic oxidation sites excluding steroid dienone is 4. The summed E-state index contributed by atoms with van der Waals surface area (Å²) in [5.74, 6) is 0.451. The third-order valence-corrected chi connectivity index (χ3v) is 1.94. The van der Waals surface area contributed by atoms with Gasteiger partial charge in [0, 0.05) is 5.57 Å². The SMILES string of the molecule is C=C(C)/C=C\C(=C)c1nnc(SC)o1.CC.CC. The maximum absolute atomic E-state index is 5.29. The Kier molecular flexibility index (Phi) is 12.9. The van der Waals surface area contributed by atoms with E-state index in [-0.39, 0.29) is 0 Å². The predicted octanol–water partition coefficient (Wildman–Crippen LogP) is 4.99. The second-order valence-electron chi connectivity index (χ2n) is 2.78. The second-order valence-corrected chi connectivity index (χ2v) is 3.54. The highest BCUT2D eigenvalue weighted by Gasteiger charge is 2.05. The van der Waals surface area contributed by atoms with Crippen molar-refractivity contribution < 1.29 is 4.42 Å². The number of hydrogen-bond donors (Lipinski definition) is 0. The highest BCUT2D eigenvalue weighted by molar-refractivity contribution is 7.98. The molecule has 0 aromatic carbocycles. The van der Waals surface area contributed by atoms with Gasteiger partial charge in [0.2, 0.25) is 5.89 Å². The highest BCUT2D eigenvalue weighted by Crippen LogP contribution is 2.17. The first-order valence-electron chi connectivity index (χ1n) is 6.04. The first kappa shape index (κ1) is 19.1. The molecule has 1 aromatic rings. The van der Waals surface area contributed by atoms with Gasteiger partial charge in [-0.25, -0.2) is 0 Å². The third-order valence-electron chi connectivity index (χ3n) is 1.42. The molecule has 18 heavy (non-hydrogen) atoms. The Labute approximate surface area is 115 Å². The summed E-state index contributed by atoms with van der Waals surface area (Å²) in [7, 11) is 0. The van der Waals surface area contributed by atoms with E-state index in [0.717, 1.165) is 5.57 Å². The van der Waals surface area contributed by atoms with Crippen molar-refractivity contribution >= 4 is 17.3 Å². The Morgan fingerprint density at radius 3 is 2.06 bits per heavy atom. The molecule has 0 atom stereocenters. The Balaban J connectivity index is 0. The normalized spacial score (nSPS) is 9.00. The molecule has 0 saturated heterocycles. The summed E-state index contributed by atoms with van der Waals surface area (Å²) in [6.45, 7) is 17.5. The molecule has 1 heterocycles. The van der Waals surface area contributed by atoms with Gasteiger partial charge in [-0.1, -0.05) is 64.3 Å². The van der Waals surface area contributed by atoms with E-state index in [4.69, 9.17) is 4.42 Å². The molecule has 0 saturated carbocycles. The Bertz CT molecular complexity index is 381. The Morgan fingerprint density at radius 1 is 1.11 bits per heavy atom. The first-order chi connectivity index (χ1) is 8.63. The van der Waals surface area contributed by atoms with E-state index in [1.807, 2.05) is 47.0 Å². The topological polar surface area (TPSA) is 38.9 Å². The predicted molar refractivity (Wildman–Crippen MR) is 81.8 cm³/mol. The average Bonchev–Trinajstić information content (AvgIpc) is 2.89. The van der Waals surface area contributed by atoms with Gasteiger partial charge in [0.1, 0.15) is 0 Å². The average molecular weight is 268 g/mol. The van der Waals surface area contributed by atoms with Crippen molar-refractivity contribution in [2.45, 2.75) is 39.8 Å². The molecule has 0 bridgehead atoms. The van der Waals surface area contributed by atoms with Gasteiger partial charge in [-0.15, -0.1) is 10.2 Å². The van der Waals surface area contributed by atoms with Crippen LogP contribution in [-0.2, 0) is 0 Å². The highest BCUT2D eigenvalue weighted by atomic mass is 32.2. The molecule has 0 fully saturated rings. The number of nitrogens with zero attached hydrogens (tertiary/aromatic N) is 2. The van der Waals surface area contributed by atoms with Crippen molar-refractivity contribution in [3.63, 3.8) is 0 Å². The maximum atomic E-state index is 5.29. The molecule has 0 amide bonds. The quantitative estimate of drug-likeness (QED) is 0.569. The zero-order valence-corrected chi connectivity index (χ0v) is 13.1. The van der Waals surface area contributed by atoms with E-state index in [0.29, 0.717) is 16.7 Å². The lowest BCUT2D eigenvalue weighted by Crippen LogP contribution is -1.78. The Hall–Kier alpha value is -1.29. The molecule has 0 N–H and O–H groups in total. The van der Waals surface area contributed by atoms with Crippen LogP contribution in [0.15, 0.2) is 40.5 Å². The van der Waals surface area contributed by atoms with E-state index in [1.165, 1.54) is 11.8 Å². The third kappa shape index (κ3) is 7.90. The molecule has 0 aliphatic carbocycles. The van der Waals surface area contributed by atoms with Crippen LogP contribution >= 0.6 is 11.8 Å². The van der Waals surface area contributed by atoms with Gasteiger partial charge in [0.25, 0.3) is 5.22 Å². The molecular formula is C14H24N2OS. The van der Waals surface area contributed by atoms with E-state index < -0.39 is 0 Å². The molecule has 0 aliphatic heterocycles. The molecule has 0 radical (unpaired) electrons. The van der Waals surface area contributed by atoms with Gasteiger partial charge < -0.3 is 4.42 Å². The van der Waals surface area contributed by atoms with Crippen molar-refractivity contribution in [3.05, 3.63) is 36.8 Å². The fraction of sp³-hybridized carbons (Fsp3) is 0.429. The van der Waals surface area contributed by atoms with Gasteiger partial charge in [0.05, 0.1) is 0 Å². The molecule has 1 aromatic heterocycles. The van der Waals surface area contributed by atoms with Crippen LogP contribution in [0.1, 0.15) is 40.5 Å². The molecule has 102 valence electrons. The van der Waals surface area contributed by atoms with E-state index in [1.54, 1.807) is 6.08 Å². The van der Waals surface area contributed by atoms with Crippen LogP contribution in [0.2, 0.25) is 0 Å². The van der Waals surface area contributed by atoms with Gasteiger partial charge in [-0.3, -0.25) is 0 Å². The van der Waals surface area contributed by atoms with Crippen molar-refractivity contribution in [1.82, 2.24) is 10.2 Å². The summed E-state index contributed by atoms with van der Waals surface area (Å²) in [6, 6.07) is 0. The Morgan fingerprint density at radius 2 is 1.67 bits per heavy atom. The van der Waals surface area contributed by atoms with Crippen LogP contribution in [0, 0.1) is 0 Å². The summed E-state index contributed by atoms with van der Waals surface area (Å²) >= 11 is 1.41. The fourth-order valence-corrected chi connectivity index (χ4v) is 1.02. The summed E-state index contributed by atoms with van der Waals surface area (Å²) in [6.07, 6.45) is 5.54. The van der Waals surface area contributed by atoms with Crippen molar-refractivity contribution in [2.75, 3.05) is 6.26 Å². The van der Waals surface area contributed by atoms with Crippen molar-refractivity contribution in [2.24, 2.45) is 0 Å². The summed E-state index contributed by atoms with van der Waals surface area (Å²) in [5.41, 5.74) is 1.65. The summed E-state index contributed by atoms with van der Waals surface area (Å²) in [5, 5.41) is 8.21. The molecule has 0 aliphatic rings. The van der Waals surface area contributed by atoms with Crippen LogP contribution < -0.4 is 0 Å². The minimum atomic E-state index is 0.451. The fourth-order valence-electron chi connectivity index (χ4n) is 0.736. The minimum absolute atomic E-state index is 0.451. The number of rotatable bonds is 4. The van der Waals surface area contributed by atoms with Crippen LogP contribution in [0.5, 0.6) is 0 Å². The zero-order chi connectivity index (χ0) is 14.6. The van der Waals surface area contributed by atoms with E-state index >= 15 is 0 Å². The van der Waals surface area contributed by atoms with Crippen LogP contribution in [0.4, 0.5) is 0 Å². The van der Waals surface area contributed by atoms with Crippen LogP contribution in [0.3, 0.4) is 0 Å². The van der Waals surface area contributed by atoms with Gasteiger partial charge in [-0.05, 0) is 19.3 Å². The molecule has 4 heteroatoms. The first-order valence-corrected chi connectivity index (χ1v) is 7.26. The smallest absolute Gasteiger partial charge is 0.276 e. The number of aromatic nitrogens is 2. The zero-order valence-electron chi connectivity index (χ0n) is 12.3. The molecular weight excluding hydrogens is 244 g/mol.